The van der Waals surface area contributed by atoms with Crippen LogP contribution in [0.5, 0.6) is 0 Å². The number of fused-ring (bicyclic) bond motifs is 1. The number of aromatic nitrogens is 4. The summed E-state index contributed by atoms with van der Waals surface area (Å²) in [4.78, 5) is 7.86. The van der Waals surface area contributed by atoms with Crippen molar-refractivity contribution >= 4 is 11.0 Å². The highest BCUT2D eigenvalue weighted by Gasteiger charge is 2.06. The number of nitrogens with one attached hydrogen (secondary N) is 1. The zero-order chi connectivity index (χ0) is 11.8. The number of H-pyrrole nitrogens is 1. The normalized spacial score (nSPS) is 10.9. The zero-order valence-corrected chi connectivity index (χ0v) is 9.73. The molecule has 0 aliphatic carbocycles. The highest BCUT2D eigenvalue weighted by atomic mass is 15.1. The maximum absolute atomic E-state index is 4.56. The fraction of sp³-hybridized carbons (Fsp3) is 0.154. The van der Waals surface area contributed by atoms with Gasteiger partial charge in [0.05, 0.1) is 23.4 Å². The van der Waals surface area contributed by atoms with Crippen molar-refractivity contribution in [3.05, 3.63) is 41.7 Å². The molecule has 1 N–H and O–H groups in total. The minimum Gasteiger partial charge on any atom is -0.338 e. The van der Waals surface area contributed by atoms with E-state index >= 15 is 0 Å². The third kappa shape index (κ3) is 1.67. The second kappa shape index (κ2) is 3.66. The largest absolute Gasteiger partial charge is 0.338 e. The van der Waals surface area contributed by atoms with Gasteiger partial charge in [0, 0.05) is 5.56 Å². The first-order chi connectivity index (χ1) is 8.24. The Bertz CT molecular complexity index is 631. The Labute approximate surface area is 98.7 Å². The van der Waals surface area contributed by atoms with Crippen LogP contribution in [0.1, 0.15) is 11.1 Å². The van der Waals surface area contributed by atoms with Crippen LogP contribution in [0, 0.1) is 13.8 Å². The standard InChI is InChI=1S/C13H12N4/c1-8-5-11-12(6-9(8)2)17-13(16-11)10-3-4-14-15-7-10/h3-7H,1-2H3,(H,16,17). The molecule has 3 aromatic rings. The summed E-state index contributed by atoms with van der Waals surface area (Å²) >= 11 is 0. The van der Waals surface area contributed by atoms with E-state index in [1.165, 1.54) is 11.1 Å². The van der Waals surface area contributed by atoms with Crippen molar-refractivity contribution in [2.24, 2.45) is 0 Å². The summed E-state index contributed by atoms with van der Waals surface area (Å²) in [6, 6.07) is 6.11. The van der Waals surface area contributed by atoms with Crippen molar-refractivity contribution < 1.29 is 0 Å². The lowest BCUT2D eigenvalue weighted by Gasteiger charge is -1.97. The van der Waals surface area contributed by atoms with Crippen LogP contribution < -0.4 is 0 Å². The molecule has 2 heterocycles. The van der Waals surface area contributed by atoms with Gasteiger partial charge in [-0.15, -0.1) is 0 Å². The summed E-state index contributed by atoms with van der Waals surface area (Å²) in [5, 5.41) is 7.62. The summed E-state index contributed by atoms with van der Waals surface area (Å²) in [5.74, 6) is 0.833. The van der Waals surface area contributed by atoms with E-state index in [4.69, 9.17) is 0 Å². The second-order valence-corrected chi connectivity index (χ2v) is 4.17. The predicted octanol–water partition coefficient (Wildman–Crippen LogP) is 2.64. The Kier molecular flexibility index (Phi) is 2.14. The smallest absolute Gasteiger partial charge is 0.140 e. The van der Waals surface area contributed by atoms with Gasteiger partial charge in [-0.3, -0.25) is 0 Å². The van der Waals surface area contributed by atoms with Gasteiger partial charge >= 0.3 is 0 Å². The first-order valence-corrected chi connectivity index (χ1v) is 5.48. The highest BCUT2D eigenvalue weighted by molar-refractivity contribution is 5.80. The van der Waals surface area contributed by atoms with Gasteiger partial charge in [0.2, 0.25) is 0 Å². The number of aryl methyl sites for hydroxylation is 2. The molecule has 0 aliphatic rings. The van der Waals surface area contributed by atoms with E-state index in [0.29, 0.717) is 0 Å². The van der Waals surface area contributed by atoms with Crippen LogP contribution in [0.15, 0.2) is 30.6 Å². The monoisotopic (exact) mass is 224 g/mol. The molecule has 0 radical (unpaired) electrons. The van der Waals surface area contributed by atoms with Crippen LogP contribution in [-0.2, 0) is 0 Å². The van der Waals surface area contributed by atoms with E-state index in [2.05, 4.69) is 46.1 Å². The van der Waals surface area contributed by atoms with Crippen LogP contribution in [0.3, 0.4) is 0 Å². The summed E-state index contributed by atoms with van der Waals surface area (Å²) < 4.78 is 0. The fourth-order valence-electron chi connectivity index (χ4n) is 1.84. The lowest BCUT2D eigenvalue weighted by Crippen LogP contribution is -1.83. The summed E-state index contributed by atoms with van der Waals surface area (Å²) in [7, 11) is 0. The number of hydrogen-bond acceptors (Lipinski definition) is 3. The molecule has 0 aliphatic heterocycles. The first-order valence-electron chi connectivity index (χ1n) is 5.48. The lowest BCUT2D eigenvalue weighted by atomic mass is 10.1. The number of benzene rings is 1. The van der Waals surface area contributed by atoms with Gasteiger partial charge in [0.1, 0.15) is 5.82 Å². The van der Waals surface area contributed by atoms with Gasteiger partial charge in [-0.25, -0.2) is 4.98 Å². The molecule has 84 valence electrons. The van der Waals surface area contributed by atoms with Crippen LogP contribution >= 0.6 is 0 Å². The molecule has 0 saturated carbocycles. The van der Waals surface area contributed by atoms with Crippen molar-refractivity contribution in [2.45, 2.75) is 13.8 Å². The van der Waals surface area contributed by atoms with E-state index in [1.807, 2.05) is 6.07 Å². The molecule has 1 aromatic carbocycles. The van der Waals surface area contributed by atoms with Crippen LogP contribution in [-0.4, -0.2) is 20.2 Å². The maximum atomic E-state index is 4.56. The van der Waals surface area contributed by atoms with Gasteiger partial charge in [0.15, 0.2) is 0 Å². The Morgan fingerprint density at radius 2 is 1.88 bits per heavy atom. The molecule has 0 saturated heterocycles. The molecule has 4 heteroatoms. The molecule has 17 heavy (non-hydrogen) atoms. The predicted molar refractivity (Wildman–Crippen MR) is 66.6 cm³/mol. The molecule has 2 aromatic heterocycles. The zero-order valence-electron chi connectivity index (χ0n) is 9.73. The average Bonchev–Trinajstić information content (AvgIpc) is 2.74. The van der Waals surface area contributed by atoms with Crippen molar-refractivity contribution in [2.75, 3.05) is 0 Å². The van der Waals surface area contributed by atoms with Gasteiger partial charge in [-0.1, -0.05) is 0 Å². The van der Waals surface area contributed by atoms with Gasteiger partial charge in [-0.05, 0) is 43.2 Å². The van der Waals surface area contributed by atoms with E-state index in [9.17, 15) is 0 Å². The average molecular weight is 224 g/mol. The number of nitrogens with zero attached hydrogens (tertiary/aromatic N) is 3. The van der Waals surface area contributed by atoms with Gasteiger partial charge in [-0.2, -0.15) is 10.2 Å². The SMILES string of the molecule is Cc1cc2nc(-c3ccnnc3)[nH]c2cc1C. The van der Waals surface area contributed by atoms with E-state index in [-0.39, 0.29) is 0 Å². The molecule has 0 amide bonds. The topological polar surface area (TPSA) is 54.5 Å². The maximum Gasteiger partial charge on any atom is 0.140 e. The number of imidazole rings is 1. The van der Waals surface area contributed by atoms with E-state index in [1.54, 1.807) is 12.4 Å². The van der Waals surface area contributed by atoms with Crippen molar-refractivity contribution in [1.29, 1.82) is 0 Å². The third-order valence-electron chi connectivity index (χ3n) is 2.96. The molecule has 0 atom stereocenters. The van der Waals surface area contributed by atoms with Crippen LogP contribution in [0.2, 0.25) is 0 Å². The van der Waals surface area contributed by atoms with Crippen LogP contribution in [0.25, 0.3) is 22.4 Å². The number of aromatic amines is 1. The van der Waals surface area contributed by atoms with Crippen molar-refractivity contribution in [3.8, 4) is 11.4 Å². The Balaban J connectivity index is 2.21. The summed E-state index contributed by atoms with van der Waals surface area (Å²) in [6.45, 7) is 4.19. The van der Waals surface area contributed by atoms with Crippen molar-refractivity contribution in [1.82, 2.24) is 20.2 Å². The second-order valence-electron chi connectivity index (χ2n) is 4.17. The molecule has 4 nitrogen and oxygen atoms in total. The third-order valence-corrected chi connectivity index (χ3v) is 2.96. The van der Waals surface area contributed by atoms with E-state index in [0.717, 1.165) is 22.4 Å². The van der Waals surface area contributed by atoms with Gasteiger partial charge < -0.3 is 4.98 Å². The molecule has 3 rings (SSSR count). The highest BCUT2D eigenvalue weighted by Crippen LogP contribution is 2.21. The molecule has 0 spiro atoms. The minimum atomic E-state index is 0.833. The van der Waals surface area contributed by atoms with E-state index < -0.39 is 0 Å². The lowest BCUT2D eigenvalue weighted by molar-refractivity contribution is 1.03. The van der Waals surface area contributed by atoms with Crippen molar-refractivity contribution in [3.63, 3.8) is 0 Å². The molecule has 0 bridgehead atoms. The quantitative estimate of drug-likeness (QED) is 0.691. The number of hydrogen-bond donors (Lipinski definition) is 1. The summed E-state index contributed by atoms with van der Waals surface area (Å²) in [5.41, 5.74) is 5.51. The Morgan fingerprint density at radius 1 is 1.06 bits per heavy atom. The Morgan fingerprint density at radius 3 is 2.65 bits per heavy atom. The first kappa shape index (κ1) is 9.96. The minimum absolute atomic E-state index is 0.833. The molecule has 0 fully saturated rings. The number of rotatable bonds is 1. The van der Waals surface area contributed by atoms with Crippen LogP contribution in [0.4, 0.5) is 0 Å². The van der Waals surface area contributed by atoms with Gasteiger partial charge in [0.25, 0.3) is 0 Å². The molecular weight excluding hydrogens is 212 g/mol. The molecule has 0 unspecified atom stereocenters. The molecular formula is C13H12N4. The summed E-state index contributed by atoms with van der Waals surface area (Å²) in [6.07, 6.45) is 3.37. The Hall–Kier alpha value is -2.23. The fourth-order valence-corrected chi connectivity index (χ4v) is 1.84.